The van der Waals surface area contributed by atoms with Crippen molar-refractivity contribution >= 4 is 17.7 Å². The van der Waals surface area contributed by atoms with Crippen molar-refractivity contribution < 1.29 is 39.1 Å². The van der Waals surface area contributed by atoms with Gasteiger partial charge in [-0.1, -0.05) is 26.0 Å². The fourth-order valence-corrected chi connectivity index (χ4v) is 11.1. The molecule has 5 saturated carbocycles. The van der Waals surface area contributed by atoms with Crippen molar-refractivity contribution in [2.75, 3.05) is 7.11 Å². The van der Waals surface area contributed by atoms with Crippen LogP contribution >= 0.6 is 0 Å². The molecule has 8 nitrogen and oxygen atoms in total. The van der Waals surface area contributed by atoms with Crippen LogP contribution in [0.5, 0.6) is 0 Å². The number of hydrogen-bond donors (Lipinski definition) is 2. The van der Waals surface area contributed by atoms with Crippen molar-refractivity contribution in [1.82, 2.24) is 0 Å². The van der Waals surface area contributed by atoms with Gasteiger partial charge >= 0.3 is 11.9 Å². The van der Waals surface area contributed by atoms with Crippen molar-refractivity contribution in [3.63, 3.8) is 0 Å². The molecule has 11 atom stereocenters. The number of hydrogen-bond acceptors (Lipinski definition) is 8. The van der Waals surface area contributed by atoms with E-state index in [1.807, 2.05) is 6.92 Å². The summed E-state index contributed by atoms with van der Waals surface area (Å²) in [5.41, 5.74) is -0.0334. The van der Waals surface area contributed by atoms with E-state index >= 15 is 0 Å². The van der Waals surface area contributed by atoms with Crippen LogP contribution in [-0.4, -0.2) is 52.5 Å². The summed E-state index contributed by atoms with van der Waals surface area (Å²) in [4.78, 5) is 46.3. The van der Waals surface area contributed by atoms with Gasteiger partial charge in [0, 0.05) is 33.6 Å². The number of carbonyl (C=O) groups excluding carboxylic acids is 3. The molecule has 8 rings (SSSR count). The van der Waals surface area contributed by atoms with Gasteiger partial charge < -0.3 is 14.6 Å². The summed E-state index contributed by atoms with van der Waals surface area (Å²) in [7, 11) is 1.25. The monoisotopic (exact) mass is 534 g/mol. The summed E-state index contributed by atoms with van der Waals surface area (Å²) in [5, 5.41) is 22.4. The number of allylic oxidation sites excluding steroid dienone is 1. The maximum atomic E-state index is 14.2. The second-order valence-corrected chi connectivity index (χ2v) is 13.9. The predicted molar refractivity (Wildman–Crippen MR) is 135 cm³/mol. The minimum atomic E-state index is -1.43. The van der Waals surface area contributed by atoms with Gasteiger partial charge in [-0.25, -0.2) is 14.5 Å². The molecule has 1 spiro atoms. The lowest BCUT2D eigenvalue weighted by molar-refractivity contribution is -0.329. The van der Waals surface area contributed by atoms with Gasteiger partial charge in [-0.05, 0) is 85.7 Å². The normalized spacial score (nSPS) is 52.9. The van der Waals surface area contributed by atoms with E-state index in [9.17, 15) is 24.7 Å². The molecule has 8 heteroatoms. The number of fused-ring (bicyclic) bond motifs is 7. The van der Waals surface area contributed by atoms with Gasteiger partial charge in [0.05, 0.1) is 7.11 Å². The zero-order valence-electron chi connectivity index (χ0n) is 22.9. The van der Waals surface area contributed by atoms with E-state index in [0.29, 0.717) is 47.8 Å². The first-order valence-electron chi connectivity index (χ1n) is 14.1. The van der Waals surface area contributed by atoms with Crippen LogP contribution < -0.4 is 0 Å². The molecule has 8 aliphatic rings. The maximum absolute atomic E-state index is 14.2. The third-order valence-electron chi connectivity index (χ3n) is 13.0. The van der Waals surface area contributed by atoms with Crippen LogP contribution in [0, 0.1) is 46.3 Å². The molecule has 11 unspecified atom stereocenters. The fourth-order valence-electron chi connectivity index (χ4n) is 11.1. The molecule has 39 heavy (non-hydrogen) atoms. The summed E-state index contributed by atoms with van der Waals surface area (Å²) < 4.78 is 11.6. The topological polar surface area (TPSA) is 119 Å². The third kappa shape index (κ3) is 2.19. The summed E-state index contributed by atoms with van der Waals surface area (Å²) in [5.74, 6) is -1.26. The van der Waals surface area contributed by atoms with Crippen LogP contribution in [0.4, 0.5) is 0 Å². The Hall–Kier alpha value is -2.55. The van der Waals surface area contributed by atoms with Crippen LogP contribution in [0.2, 0.25) is 0 Å². The Morgan fingerprint density at radius 1 is 1.15 bits per heavy atom. The van der Waals surface area contributed by atoms with Crippen LogP contribution in [0.3, 0.4) is 0 Å². The summed E-state index contributed by atoms with van der Waals surface area (Å²) in [6.07, 6.45) is 1.30. The Kier molecular flexibility index (Phi) is 4.15. The average Bonchev–Trinajstić information content (AvgIpc) is 3.82. The number of methoxy groups -OCH3 is 1. The van der Waals surface area contributed by atoms with Gasteiger partial charge in [0.15, 0.2) is 11.4 Å². The van der Waals surface area contributed by atoms with Crippen molar-refractivity contribution in [3.05, 3.63) is 45.6 Å². The minimum absolute atomic E-state index is 0.0421. The molecule has 0 bridgehead atoms. The molecule has 5 fully saturated rings. The predicted octanol–water partition coefficient (Wildman–Crippen LogP) is 3.46. The van der Waals surface area contributed by atoms with E-state index in [2.05, 4.69) is 13.5 Å². The van der Waals surface area contributed by atoms with Crippen LogP contribution in [0.15, 0.2) is 45.6 Å². The third-order valence-corrected chi connectivity index (χ3v) is 13.0. The van der Waals surface area contributed by atoms with Gasteiger partial charge in [-0.15, -0.1) is 0 Å². The van der Waals surface area contributed by atoms with Crippen molar-refractivity contribution in [1.29, 1.82) is 0 Å². The number of carbonyl (C=O) groups is 3. The first-order chi connectivity index (χ1) is 18.4. The van der Waals surface area contributed by atoms with Crippen molar-refractivity contribution in [2.24, 2.45) is 46.3 Å². The number of ketones is 1. The molecule has 0 amide bonds. The zero-order chi connectivity index (χ0) is 27.8. The highest BCUT2D eigenvalue weighted by atomic mass is 17.1. The van der Waals surface area contributed by atoms with E-state index in [4.69, 9.17) is 14.4 Å². The van der Waals surface area contributed by atoms with Crippen LogP contribution in [0.25, 0.3) is 0 Å². The summed E-state index contributed by atoms with van der Waals surface area (Å²) in [6.45, 7) is 11.9. The van der Waals surface area contributed by atoms with Crippen molar-refractivity contribution in [3.8, 4) is 0 Å². The van der Waals surface area contributed by atoms with Crippen LogP contribution in [-0.2, 0) is 28.7 Å². The number of esters is 2. The molecule has 206 valence electrons. The molecule has 1 aliphatic heterocycles. The lowest BCUT2D eigenvalue weighted by Gasteiger charge is -2.62. The standard InChI is InChI=1S/C31H34O8/c1-11-14-7-17(14)28(4)15(11)8-16-12(2)27(35)38-31(16)20(28)10-30(39-36)19-9-18(19)29(5)24(30)22(31)21(23(32)25(29)33)13(3)26(34)37-6/h14-15,17-20,25,33,36H,1,7-10H2,2-6H3. The lowest BCUT2D eigenvalue weighted by atomic mass is 9.43. The molecule has 0 aromatic heterocycles. The fraction of sp³-hybridized carbons (Fsp3) is 0.645. The number of aliphatic hydroxyl groups is 1. The van der Waals surface area contributed by atoms with E-state index < -0.39 is 40.4 Å². The molecule has 0 aromatic rings. The first-order valence-corrected chi connectivity index (χ1v) is 14.1. The number of ether oxygens (including phenoxy) is 2. The van der Waals surface area contributed by atoms with E-state index in [1.165, 1.54) is 19.6 Å². The van der Waals surface area contributed by atoms with E-state index in [0.717, 1.165) is 12.0 Å². The van der Waals surface area contributed by atoms with Gasteiger partial charge in [-0.3, -0.25) is 10.1 Å². The molecule has 0 aromatic carbocycles. The maximum Gasteiger partial charge on any atom is 0.335 e. The first kappa shape index (κ1) is 24.3. The lowest BCUT2D eigenvalue weighted by Crippen LogP contribution is -2.66. The quantitative estimate of drug-likeness (QED) is 0.182. The minimum Gasteiger partial charge on any atom is -0.466 e. The molecule has 1 heterocycles. The molecular weight excluding hydrogens is 500 g/mol. The molecule has 0 saturated heterocycles. The molecule has 2 N–H and O–H groups in total. The Balaban J connectivity index is 1.53. The number of aliphatic hydroxyl groups excluding tert-OH is 1. The molecular formula is C31H34O8. The Labute approximate surface area is 226 Å². The Morgan fingerprint density at radius 2 is 1.87 bits per heavy atom. The van der Waals surface area contributed by atoms with E-state index in [-0.39, 0.29) is 40.2 Å². The zero-order valence-corrected chi connectivity index (χ0v) is 22.9. The largest absolute Gasteiger partial charge is 0.466 e. The van der Waals surface area contributed by atoms with Gasteiger partial charge in [0.25, 0.3) is 0 Å². The Bertz CT molecular complexity index is 1460. The highest BCUT2D eigenvalue weighted by Gasteiger charge is 2.84. The molecule has 0 radical (unpaired) electrons. The second kappa shape index (κ2) is 6.67. The van der Waals surface area contributed by atoms with Crippen LogP contribution in [0.1, 0.15) is 53.4 Å². The smallest absolute Gasteiger partial charge is 0.335 e. The SMILES string of the molecule is C=C1C2CC2C2(C)C1CC1=C(C)C(=O)OC13C1=C4C(OO)(CC32)C2CC2C4(C)C(O)C(=O)C1=C(C)C(=O)OC. The summed E-state index contributed by atoms with van der Waals surface area (Å²) in [6, 6.07) is 0. The van der Waals surface area contributed by atoms with Gasteiger partial charge in [0.1, 0.15) is 11.7 Å². The highest BCUT2D eigenvalue weighted by Crippen LogP contribution is 2.83. The number of Topliss-reactive ketones (excluding diaryl/α,β-unsaturated/α-hetero) is 1. The Morgan fingerprint density at radius 3 is 2.54 bits per heavy atom. The van der Waals surface area contributed by atoms with Gasteiger partial charge in [0.2, 0.25) is 0 Å². The van der Waals surface area contributed by atoms with E-state index in [1.54, 1.807) is 6.92 Å². The molecule has 7 aliphatic carbocycles. The van der Waals surface area contributed by atoms with Gasteiger partial charge in [-0.2, -0.15) is 0 Å². The number of rotatable bonds is 2. The average molecular weight is 535 g/mol. The summed E-state index contributed by atoms with van der Waals surface area (Å²) >= 11 is 0. The second-order valence-electron chi connectivity index (χ2n) is 13.9. The highest BCUT2D eigenvalue weighted by molar-refractivity contribution is 6.12. The van der Waals surface area contributed by atoms with Crippen molar-refractivity contribution in [2.45, 2.75) is 70.7 Å².